The average Bonchev–Trinajstić information content (AvgIpc) is 2.59. The van der Waals surface area contributed by atoms with Crippen molar-refractivity contribution in [1.82, 2.24) is 4.98 Å². The Hall–Kier alpha value is -3.21. The third kappa shape index (κ3) is 3.71. The predicted octanol–water partition coefficient (Wildman–Crippen LogP) is 4.22. The van der Waals surface area contributed by atoms with E-state index < -0.39 is 0 Å². The number of carbonyl (C=O) groups is 1. The van der Waals surface area contributed by atoms with E-state index in [4.69, 9.17) is 0 Å². The quantitative estimate of drug-likeness (QED) is 0.759. The fourth-order valence-corrected chi connectivity index (χ4v) is 2.04. The van der Waals surface area contributed by atoms with Gasteiger partial charge >= 0.3 is 0 Å². The molecule has 0 aliphatic rings. The minimum atomic E-state index is -0.351. The van der Waals surface area contributed by atoms with E-state index in [-0.39, 0.29) is 11.7 Å². The van der Waals surface area contributed by atoms with Crippen LogP contribution in [0.4, 0.5) is 21.6 Å². The number of para-hydroxylation sites is 1. The van der Waals surface area contributed by atoms with Crippen molar-refractivity contribution >= 4 is 23.1 Å². The van der Waals surface area contributed by atoms with Gasteiger partial charge in [-0.3, -0.25) is 4.79 Å². The molecule has 1 amide bonds. The van der Waals surface area contributed by atoms with Crippen LogP contribution < -0.4 is 10.6 Å². The van der Waals surface area contributed by atoms with Crippen LogP contribution in [-0.2, 0) is 0 Å². The van der Waals surface area contributed by atoms with Gasteiger partial charge in [0.05, 0.1) is 17.6 Å². The zero-order valence-corrected chi connectivity index (χ0v) is 12.2. The summed E-state index contributed by atoms with van der Waals surface area (Å²) in [7, 11) is 0. The maximum Gasteiger partial charge on any atom is 0.255 e. The third-order valence-corrected chi connectivity index (χ3v) is 3.19. The van der Waals surface area contributed by atoms with Gasteiger partial charge in [0.1, 0.15) is 11.6 Å². The van der Waals surface area contributed by atoms with Crippen LogP contribution in [0.25, 0.3) is 0 Å². The molecule has 2 aromatic carbocycles. The van der Waals surface area contributed by atoms with Gasteiger partial charge in [-0.1, -0.05) is 30.3 Å². The van der Waals surface area contributed by atoms with E-state index >= 15 is 0 Å². The highest BCUT2D eigenvalue weighted by Gasteiger charge is 2.06. The lowest BCUT2D eigenvalue weighted by molar-refractivity contribution is 0.102. The molecule has 0 atom stereocenters. The Morgan fingerprint density at radius 1 is 0.913 bits per heavy atom. The molecule has 0 radical (unpaired) electrons. The zero-order valence-electron chi connectivity index (χ0n) is 12.2. The second-order valence-corrected chi connectivity index (χ2v) is 4.86. The van der Waals surface area contributed by atoms with Gasteiger partial charge < -0.3 is 10.6 Å². The van der Waals surface area contributed by atoms with Crippen molar-refractivity contribution in [2.75, 3.05) is 10.6 Å². The van der Waals surface area contributed by atoms with E-state index in [0.29, 0.717) is 22.8 Å². The summed E-state index contributed by atoms with van der Waals surface area (Å²) in [5.74, 6) is -0.0641. The Kier molecular flexibility index (Phi) is 4.29. The van der Waals surface area contributed by atoms with Crippen LogP contribution in [0.3, 0.4) is 0 Å². The Bertz CT molecular complexity index is 804. The van der Waals surface area contributed by atoms with Gasteiger partial charge in [-0.25, -0.2) is 9.37 Å². The van der Waals surface area contributed by atoms with Gasteiger partial charge in [0, 0.05) is 5.56 Å². The first kappa shape index (κ1) is 14.7. The second kappa shape index (κ2) is 6.70. The molecule has 0 bridgehead atoms. The van der Waals surface area contributed by atoms with Gasteiger partial charge in [-0.15, -0.1) is 0 Å². The normalized spacial score (nSPS) is 10.1. The smallest absolute Gasteiger partial charge is 0.255 e. The molecule has 1 heterocycles. The van der Waals surface area contributed by atoms with Crippen LogP contribution in [0.1, 0.15) is 10.4 Å². The Labute approximate surface area is 133 Å². The number of anilines is 3. The van der Waals surface area contributed by atoms with Gasteiger partial charge in [0.15, 0.2) is 0 Å². The molecule has 3 aromatic rings. The van der Waals surface area contributed by atoms with Crippen molar-refractivity contribution in [3.05, 3.63) is 84.3 Å². The minimum absolute atomic E-state index is 0.206. The highest BCUT2D eigenvalue weighted by Crippen LogP contribution is 2.19. The van der Waals surface area contributed by atoms with Crippen LogP contribution in [0.2, 0.25) is 0 Å². The fraction of sp³-hybridized carbons (Fsp3) is 0. The second-order valence-electron chi connectivity index (χ2n) is 4.86. The van der Waals surface area contributed by atoms with Crippen LogP contribution in [0.5, 0.6) is 0 Å². The molecule has 5 heteroatoms. The number of benzene rings is 2. The van der Waals surface area contributed by atoms with E-state index in [0.717, 1.165) is 0 Å². The first-order valence-electron chi connectivity index (χ1n) is 7.06. The maximum atomic E-state index is 13.6. The number of nitrogens with zero attached hydrogens (tertiary/aromatic N) is 1. The SMILES string of the molecule is O=C(Nc1ccc(Nc2ccccc2F)nc1)c1ccccc1. The molecule has 0 aliphatic carbocycles. The molecule has 114 valence electrons. The average molecular weight is 307 g/mol. The molecule has 0 aliphatic heterocycles. The summed E-state index contributed by atoms with van der Waals surface area (Å²) in [4.78, 5) is 16.2. The predicted molar refractivity (Wildman–Crippen MR) is 88.3 cm³/mol. The van der Waals surface area contributed by atoms with Crippen molar-refractivity contribution in [2.24, 2.45) is 0 Å². The largest absolute Gasteiger partial charge is 0.338 e. The molecule has 0 fully saturated rings. The minimum Gasteiger partial charge on any atom is -0.338 e. The Morgan fingerprint density at radius 3 is 2.35 bits per heavy atom. The summed E-state index contributed by atoms with van der Waals surface area (Å²) < 4.78 is 13.6. The standard InChI is InChI=1S/C18H14FN3O/c19-15-8-4-5-9-16(15)22-17-11-10-14(12-20-17)21-18(23)13-6-2-1-3-7-13/h1-12H,(H,20,22)(H,21,23). The van der Waals surface area contributed by atoms with Crippen molar-refractivity contribution in [2.45, 2.75) is 0 Å². The molecular weight excluding hydrogens is 293 g/mol. The molecule has 3 rings (SSSR count). The fourth-order valence-electron chi connectivity index (χ4n) is 2.04. The highest BCUT2D eigenvalue weighted by molar-refractivity contribution is 6.04. The first-order valence-corrected chi connectivity index (χ1v) is 7.06. The van der Waals surface area contributed by atoms with Gasteiger partial charge in [-0.2, -0.15) is 0 Å². The van der Waals surface area contributed by atoms with Crippen molar-refractivity contribution in [3.63, 3.8) is 0 Å². The molecule has 1 aromatic heterocycles. The van der Waals surface area contributed by atoms with Crippen molar-refractivity contribution < 1.29 is 9.18 Å². The number of hydrogen-bond donors (Lipinski definition) is 2. The van der Waals surface area contributed by atoms with Gasteiger partial charge in [-0.05, 0) is 36.4 Å². The number of rotatable bonds is 4. The number of pyridine rings is 1. The number of carbonyl (C=O) groups excluding carboxylic acids is 1. The summed E-state index contributed by atoms with van der Waals surface area (Å²) in [6, 6.07) is 18.7. The van der Waals surface area contributed by atoms with E-state index in [1.807, 2.05) is 6.07 Å². The molecule has 4 nitrogen and oxygen atoms in total. The zero-order chi connectivity index (χ0) is 16.1. The summed E-state index contributed by atoms with van der Waals surface area (Å²) in [6.07, 6.45) is 1.52. The summed E-state index contributed by atoms with van der Waals surface area (Å²) in [5, 5.41) is 5.64. The molecule has 2 N–H and O–H groups in total. The number of nitrogens with one attached hydrogen (secondary N) is 2. The lowest BCUT2D eigenvalue weighted by Crippen LogP contribution is -2.11. The summed E-state index contributed by atoms with van der Waals surface area (Å²) >= 11 is 0. The van der Waals surface area contributed by atoms with E-state index in [1.54, 1.807) is 54.6 Å². The molecule has 0 saturated heterocycles. The van der Waals surface area contributed by atoms with Gasteiger partial charge in [0.25, 0.3) is 5.91 Å². The maximum absolute atomic E-state index is 13.6. The lowest BCUT2D eigenvalue weighted by atomic mass is 10.2. The highest BCUT2D eigenvalue weighted by atomic mass is 19.1. The molecule has 0 spiro atoms. The van der Waals surface area contributed by atoms with Crippen LogP contribution in [0.15, 0.2) is 72.9 Å². The monoisotopic (exact) mass is 307 g/mol. The summed E-state index contributed by atoms with van der Waals surface area (Å²) in [5.41, 5.74) is 1.49. The van der Waals surface area contributed by atoms with Crippen molar-refractivity contribution in [1.29, 1.82) is 0 Å². The third-order valence-electron chi connectivity index (χ3n) is 3.19. The van der Waals surface area contributed by atoms with Crippen molar-refractivity contribution in [3.8, 4) is 0 Å². The number of aromatic nitrogens is 1. The van der Waals surface area contributed by atoms with E-state index in [2.05, 4.69) is 15.6 Å². The topological polar surface area (TPSA) is 54.0 Å². The number of amides is 1. The molecule has 0 unspecified atom stereocenters. The molecular formula is C18H14FN3O. The van der Waals surface area contributed by atoms with Crippen LogP contribution in [0, 0.1) is 5.82 Å². The first-order chi connectivity index (χ1) is 11.2. The van der Waals surface area contributed by atoms with E-state index in [9.17, 15) is 9.18 Å². The Balaban J connectivity index is 1.68. The van der Waals surface area contributed by atoms with Crippen LogP contribution in [-0.4, -0.2) is 10.9 Å². The molecule has 0 saturated carbocycles. The Morgan fingerprint density at radius 2 is 1.65 bits per heavy atom. The number of halogens is 1. The van der Waals surface area contributed by atoms with Gasteiger partial charge in [0.2, 0.25) is 0 Å². The van der Waals surface area contributed by atoms with E-state index in [1.165, 1.54) is 12.3 Å². The summed E-state index contributed by atoms with van der Waals surface area (Å²) in [6.45, 7) is 0. The number of hydrogen-bond acceptors (Lipinski definition) is 3. The molecule has 23 heavy (non-hydrogen) atoms. The lowest BCUT2D eigenvalue weighted by Gasteiger charge is -2.08. The van der Waals surface area contributed by atoms with Crippen LogP contribution >= 0.6 is 0 Å².